The Morgan fingerprint density at radius 1 is 1.15 bits per heavy atom. The van der Waals surface area contributed by atoms with E-state index in [2.05, 4.69) is 59.1 Å². The monoisotopic (exact) mass is 364 g/mol. The molecular weight excluding hydrogens is 336 g/mol. The fraction of sp³-hybridized carbons (Fsp3) is 0.409. The number of benzene rings is 2. The number of imidazole rings is 1. The predicted octanol–water partition coefficient (Wildman–Crippen LogP) is 3.98. The second kappa shape index (κ2) is 7.61. The van der Waals surface area contributed by atoms with E-state index in [9.17, 15) is 0 Å². The van der Waals surface area contributed by atoms with E-state index in [4.69, 9.17) is 9.72 Å². The van der Waals surface area contributed by atoms with Gasteiger partial charge in [-0.2, -0.15) is 0 Å². The van der Waals surface area contributed by atoms with Crippen LogP contribution in [0.25, 0.3) is 11.0 Å². The van der Waals surface area contributed by atoms with Gasteiger partial charge < -0.3 is 14.6 Å². The maximum absolute atomic E-state index is 5.26. The number of hydrogen-bond donors (Lipinski definition) is 1. The van der Waals surface area contributed by atoms with Crippen LogP contribution in [0, 0.1) is 6.92 Å². The van der Waals surface area contributed by atoms with E-state index in [0.29, 0.717) is 6.04 Å². The fourth-order valence-electron chi connectivity index (χ4n) is 4.02. The van der Waals surface area contributed by atoms with Gasteiger partial charge in [-0.15, -0.1) is 0 Å². The van der Waals surface area contributed by atoms with E-state index >= 15 is 0 Å². The number of anilines is 1. The Labute approximate surface area is 161 Å². The van der Waals surface area contributed by atoms with Crippen LogP contribution >= 0.6 is 0 Å². The molecule has 1 saturated heterocycles. The van der Waals surface area contributed by atoms with Crippen molar-refractivity contribution >= 4 is 16.7 Å². The molecule has 1 fully saturated rings. The highest BCUT2D eigenvalue weighted by atomic mass is 16.5. The molecular formula is C22H28N4O. The first-order valence-corrected chi connectivity index (χ1v) is 9.67. The summed E-state index contributed by atoms with van der Waals surface area (Å²) in [5.74, 6) is 1.97. The van der Waals surface area contributed by atoms with Crippen LogP contribution in [-0.2, 0) is 6.54 Å². The number of fused-ring (bicyclic) bond motifs is 1. The lowest BCUT2D eigenvalue weighted by molar-refractivity contribution is 0.196. The minimum absolute atomic E-state index is 0.591. The molecule has 2 aromatic carbocycles. The zero-order chi connectivity index (χ0) is 18.8. The van der Waals surface area contributed by atoms with Gasteiger partial charge in [-0.25, -0.2) is 4.98 Å². The molecule has 5 nitrogen and oxygen atoms in total. The number of hydrogen-bond acceptors (Lipinski definition) is 4. The summed E-state index contributed by atoms with van der Waals surface area (Å²) in [6.07, 6.45) is 2.34. The minimum Gasteiger partial charge on any atom is -0.497 e. The number of aryl methyl sites for hydroxylation is 1. The molecule has 0 unspecified atom stereocenters. The Morgan fingerprint density at radius 2 is 1.89 bits per heavy atom. The number of para-hydroxylation sites is 1. The Kier molecular flexibility index (Phi) is 5.03. The standard InChI is InChI=1S/C22H28N4O/c1-16-5-4-6-20-22(16)24-21(23-20)15-25(2)17-11-13-26(14-12-17)18-7-9-19(27-3)10-8-18/h4-10,17H,11-15H2,1-3H3,(H,23,24). The second-order valence-corrected chi connectivity index (χ2v) is 7.49. The minimum atomic E-state index is 0.591. The van der Waals surface area contributed by atoms with Crippen LogP contribution in [0.3, 0.4) is 0 Å². The van der Waals surface area contributed by atoms with Crippen molar-refractivity contribution < 1.29 is 4.74 Å². The quantitative estimate of drug-likeness (QED) is 0.744. The van der Waals surface area contributed by atoms with E-state index < -0.39 is 0 Å². The van der Waals surface area contributed by atoms with Crippen LogP contribution in [0.2, 0.25) is 0 Å². The number of aromatic amines is 1. The molecule has 1 aromatic heterocycles. The highest BCUT2D eigenvalue weighted by molar-refractivity contribution is 5.78. The number of aromatic nitrogens is 2. The summed E-state index contributed by atoms with van der Waals surface area (Å²) < 4.78 is 5.26. The van der Waals surface area contributed by atoms with Crippen LogP contribution in [0.1, 0.15) is 24.2 Å². The van der Waals surface area contributed by atoms with Crippen LogP contribution in [0.5, 0.6) is 5.75 Å². The van der Waals surface area contributed by atoms with Crippen molar-refractivity contribution in [3.63, 3.8) is 0 Å². The number of nitrogens with zero attached hydrogens (tertiary/aromatic N) is 3. The summed E-state index contributed by atoms with van der Waals surface area (Å²) in [5.41, 5.74) is 4.73. The van der Waals surface area contributed by atoms with E-state index in [-0.39, 0.29) is 0 Å². The third kappa shape index (κ3) is 3.78. The zero-order valence-corrected chi connectivity index (χ0v) is 16.4. The van der Waals surface area contributed by atoms with Gasteiger partial charge in [0.25, 0.3) is 0 Å². The zero-order valence-electron chi connectivity index (χ0n) is 16.4. The maximum atomic E-state index is 5.26. The van der Waals surface area contributed by atoms with Gasteiger partial charge in [0, 0.05) is 24.8 Å². The predicted molar refractivity (Wildman–Crippen MR) is 111 cm³/mol. The lowest BCUT2D eigenvalue weighted by Gasteiger charge is -2.37. The van der Waals surface area contributed by atoms with Crippen molar-refractivity contribution in [2.75, 3.05) is 32.1 Å². The van der Waals surface area contributed by atoms with E-state index in [0.717, 1.165) is 42.2 Å². The highest BCUT2D eigenvalue weighted by Crippen LogP contribution is 2.25. The molecule has 0 saturated carbocycles. The van der Waals surface area contributed by atoms with Crippen molar-refractivity contribution in [1.29, 1.82) is 0 Å². The van der Waals surface area contributed by atoms with Gasteiger partial charge in [-0.3, -0.25) is 4.90 Å². The average molecular weight is 364 g/mol. The molecule has 1 aliphatic heterocycles. The van der Waals surface area contributed by atoms with Crippen LogP contribution in [-0.4, -0.2) is 48.2 Å². The van der Waals surface area contributed by atoms with E-state index in [1.165, 1.54) is 24.1 Å². The molecule has 0 radical (unpaired) electrons. The van der Waals surface area contributed by atoms with E-state index in [1.807, 2.05) is 12.1 Å². The Balaban J connectivity index is 1.36. The largest absolute Gasteiger partial charge is 0.497 e. The summed E-state index contributed by atoms with van der Waals surface area (Å²) in [6.45, 7) is 5.15. The lowest BCUT2D eigenvalue weighted by Crippen LogP contribution is -2.43. The topological polar surface area (TPSA) is 44.4 Å². The number of piperidine rings is 1. The number of rotatable bonds is 5. The first-order valence-electron chi connectivity index (χ1n) is 9.67. The van der Waals surface area contributed by atoms with Gasteiger partial charge >= 0.3 is 0 Å². The molecule has 0 atom stereocenters. The normalized spacial score (nSPS) is 15.6. The smallest absolute Gasteiger partial charge is 0.121 e. The van der Waals surface area contributed by atoms with Crippen LogP contribution in [0.15, 0.2) is 42.5 Å². The number of ether oxygens (including phenoxy) is 1. The maximum Gasteiger partial charge on any atom is 0.121 e. The van der Waals surface area contributed by atoms with E-state index in [1.54, 1.807) is 7.11 Å². The first kappa shape index (κ1) is 17.9. The van der Waals surface area contributed by atoms with Gasteiger partial charge in [0.15, 0.2) is 0 Å². The Hall–Kier alpha value is -2.53. The summed E-state index contributed by atoms with van der Waals surface area (Å²) >= 11 is 0. The first-order chi connectivity index (χ1) is 13.1. The van der Waals surface area contributed by atoms with Crippen LogP contribution < -0.4 is 9.64 Å². The van der Waals surface area contributed by atoms with Crippen molar-refractivity contribution in [3.8, 4) is 5.75 Å². The second-order valence-electron chi connectivity index (χ2n) is 7.49. The van der Waals surface area contributed by atoms with Crippen molar-refractivity contribution in [2.45, 2.75) is 32.4 Å². The molecule has 3 aromatic rings. The van der Waals surface area contributed by atoms with Crippen LogP contribution in [0.4, 0.5) is 5.69 Å². The molecule has 5 heteroatoms. The molecule has 0 aliphatic carbocycles. The molecule has 0 bridgehead atoms. The number of methoxy groups -OCH3 is 1. The number of nitrogens with one attached hydrogen (secondary N) is 1. The van der Waals surface area contributed by atoms with Gasteiger partial charge in [0.05, 0.1) is 24.7 Å². The summed E-state index contributed by atoms with van der Waals surface area (Å²) in [6, 6.07) is 15.3. The number of H-pyrrole nitrogens is 1. The Morgan fingerprint density at radius 3 is 2.56 bits per heavy atom. The fourth-order valence-corrected chi connectivity index (χ4v) is 4.02. The van der Waals surface area contributed by atoms with Crippen molar-refractivity contribution in [3.05, 3.63) is 53.9 Å². The average Bonchev–Trinajstić information content (AvgIpc) is 3.12. The third-order valence-electron chi connectivity index (χ3n) is 5.69. The van der Waals surface area contributed by atoms with Gasteiger partial charge in [0.1, 0.15) is 11.6 Å². The molecule has 142 valence electrons. The van der Waals surface area contributed by atoms with Crippen molar-refractivity contribution in [2.24, 2.45) is 0 Å². The molecule has 0 amide bonds. The molecule has 1 aliphatic rings. The Bertz CT molecular complexity index is 894. The third-order valence-corrected chi connectivity index (χ3v) is 5.69. The highest BCUT2D eigenvalue weighted by Gasteiger charge is 2.23. The SMILES string of the molecule is COc1ccc(N2CCC(N(C)Cc3nc4c(C)cccc4[nH]3)CC2)cc1. The summed E-state index contributed by atoms with van der Waals surface area (Å²) in [7, 11) is 3.92. The van der Waals surface area contributed by atoms with Gasteiger partial charge in [0.2, 0.25) is 0 Å². The molecule has 27 heavy (non-hydrogen) atoms. The van der Waals surface area contributed by atoms with Crippen molar-refractivity contribution in [1.82, 2.24) is 14.9 Å². The molecule has 4 rings (SSSR count). The van der Waals surface area contributed by atoms with Gasteiger partial charge in [-0.1, -0.05) is 12.1 Å². The lowest BCUT2D eigenvalue weighted by atomic mass is 10.0. The molecule has 1 N–H and O–H groups in total. The molecule has 2 heterocycles. The summed E-state index contributed by atoms with van der Waals surface area (Å²) in [4.78, 5) is 13.2. The molecule has 0 spiro atoms. The van der Waals surface area contributed by atoms with Gasteiger partial charge in [-0.05, 0) is 62.7 Å². The summed E-state index contributed by atoms with van der Waals surface area (Å²) in [5, 5.41) is 0.